The van der Waals surface area contributed by atoms with Crippen molar-refractivity contribution in [3.63, 3.8) is 0 Å². The molecule has 15 aromatic carbocycles. The van der Waals surface area contributed by atoms with E-state index in [-0.39, 0.29) is 5.71 Å². The minimum Gasteiger partial charge on any atom is -0.309 e. The van der Waals surface area contributed by atoms with Crippen molar-refractivity contribution in [3.8, 4) is 117 Å². The van der Waals surface area contributed by atoms with E-state index in [1.807, 2.05) is 0 Å². The molecule has 476 valence electrons. The fraction of sp³-hybridized carbons (Fsp3) is 0. The van der Waals surface area contributed by atoms with Crippen LogP contribution >= 0.6 is 12.8 Å². The lowest BCUT2D eigenvalue weighted by atomic mass is 9.91. The van der Waals surface area contributed by atoms with Gasteiger partial charge in [-0.1, -0.05) is 279 Å². The summed E-state index contributed by atoms with van der Waals surface area (Å²) in [5.74, 6) is 0. The van der Waals surface area contributed by atoms with E-state index in [2.05, 4.69) is 398 Å². The van der Waals surface area contributed by atoms with Crippen molar-refractivity contribution in [2.45, 2.75) is 0 Å². The van der Waals surface area contributed by atoms with Crippen LogP contribution < -0.4 is 4.90 Å². The number of allylic oxidation sites excluding steroid dienone is 4. The highest BCUT2D eigenvalue weighted by molar-refractivity contribution is 7.79. The summed E-state index contributed by atoms with van der Waals surface area (Å²) in [5.41, 5.74) is 31.1. The van der Waals surface area contributed by atoms with E-state index in [1.165, 1.54) is 33.0 Å². The van der Waals surface area contributed by atoms with Gasteiger partial charge in [0.25, 0.3) is 0 Å². The number of anilines is 2. The number of aromatic nitrogens is 1. The molecule has 0 saturated heterocycles. The van der Waals surface area contributed by atoms with Gasteiger partial charge >= 0.3 is 0 Å². The van der Waals surface area contributed by atoms with Crippen molar-refractivity contribution in [1.82, 2.24) is 4.57 Å². The van der Waals surface area contributed by atoms with Crippen LogP contribution in [0.5, 0.6) is 0 Å². The number of benzene rings is 15. The maximum absolute atomic E-state index is 10.1. The monoisotopic (exact) mass is 1310 g/mol. The van der Waals surface area contributed by atoms with Crippen molar-refractivity contribution >= 4 is 63.0 Å². The predicted molar refractivity (Wildman–Crippen MR) is 430 cm³/mol. The molecule has 0 amide bonds. The van der Waals surface area contributed by atoms with Gasteiger partial charge < -0.3 is 9.47 Å². The molecule has 0 aliphatic heterocycles. The smallest absolute Gasteiger partial charge is 0.121 e. The maximum atomic E-state index is 10.1. The predicted octanol–water partition coefficient (Wildman–Crippen LogP) is 25.9. The van der Waals surface area contributed by atoms with Crippen molar-refractivity contribution in [2.24, 2.45) is 4.40 Å². The molecule has 1 aromatic heterocycles. The minimum absolute atomic E-state index is 0.270. The molecule has 1 N–H and O–H groups in total. The van der Waals surface area contributed by atoms with Crippen molar-refractivity contribution < 1.29 is 0 Å². The minimum atomic E-state index is 0.270. The number of hydrogen-bond acceptors (Lipinski definition) is 4. The zero-order valence-electron chi connectivity index (χ0n) is 55.2. The molecule has 0 atom stereocenters. The summed E-state index contributed by atoms with van der Waals surface area (Å²) >= 11 is 4.72. The van der Waals surface area contributed by atoms with E-state index in [0.29, 0.717) is 5.71 Å². The molecule has 0 saturated carbocycles. The van der Waals surface area contributed by atoms with Gasteiger partial charge in [0.05, 0.1) is 22.4 Å². The Morgan fingerprint density at radius 1 is 0.248 bits per heavy atom. The summed E-state index contributed by atoms with van der Waals surface area (Å²) in [4.78, 5) is 2.21. The molecule has 0 unspecified atom stereocenters. The summed E-state index contributed by atoms with van der Waals surface area (Å²) in [6.07, 6.45) is 4.16. The fourth-order valence-electron chi connectivity index (χ4n) is 14.3. The van der Waals surface area contributed by atoms with E-state index in [0.717, 1.165) is 134 Å². The van der Waals surface area contributed by atoms with E-state index in [9.17, 15) is 5.41 Å². The Hall–Kier alpha value is -12.9. The molecule has 5 heteroatoms. The average molecular weight is 1310 g/mol. The zero-order valence-corrected chi connectivity index (χ0v) is 56.1. The first-order valence-electron chi connectivity index (χ1n) is 34.2. The standard InChI is InChI=1S/C96H66N4S/c97-95-89(77-43-51-88(52-44-77)100-92-54-45-78(73-35-31-71(32-36-73)65-19-7-1-8-20-65)63-90(92)91-64-79(46-55-93(91)100)74-37-33-72(34-38-74)66-21-9-2-10-22-66)53-56-94(96(95)98-101)99(86-47-39-75(40-48-86)84-59-80(67-23-11-3-12-24-67)57-81(60-84)68-25-13-4-14-26-68)87-49-41-76(42-50-87)85-61-82(69-27-15-5-16-28-69)58-83(62-85)70-29-17-6-18-30-70/h1-64,97,101H/b97-95?,98-96-. The lowest BCUT2D eigenvalue weighted by Crippen LogP contribution is -2.30. The Kier molecular flexibility index (Phi) is 16.6. The van der Waals surface area contributed by atoms with Gasteiger partial charge in [0.15, 0.2) is 0 Å². The lowest BCUT2D eigenvalue weighted by molar-refractivity contribution is 1.18. The Morgan fingerprint density at radius 2 is 0.505 bits per heavy atom. The number of fused-ring (bicyclic) bond motifs is 3. The van der Waals surface area contributed by atoms with Crippen LogP contribution in [0.25, 0.3) is 144 Å². The molecule has 0 bridgehead atoms. The number of nitrogens with zero attached hydrogens (tertiary/aromatic N) is 3. The molecule has 1 heterocycles. The largest absolute Gasteiger partial charge is 0.309 e. The van der Waals surface area contributed by atoms with Crippen molar-refractivity contribution in [3.05, 3.63) is 400 Å². The normalized spacial score (nSPS) is 12.6. The molecular weight excluding hydrogens is 1240 g/mol. The van der Waals surface area contributed by atoms with Crippen LogP contribution in [0.15, 0.2) is 398 Å². The number of rotatable bonds is 15. The Balaban J connectivity index is 0.747. The number of hydrogen-bond donors (Lipinski definition) is 2. The fourth-order valence-corrected chi connectivity index (χ4v) is 14.5. The molecule has 101 heavy (non-hydrogen) atoms. The molecule has 4 nitrogen and oxygen atoms in total. The van der Waals surface area contributed by atoms with Crippen LogP contribution in [0.4, 0.5) is 11.4 Å². The molecule has 0 radical (unpaired) electrons. The first-order valence-corrected chi connectivity index (χ1v) is 34.6. The molecule has 16 aromatic rings. The second-order valence-corrected chi connectivity index (χ2v) is 25.9. The molecule has 0 fully saturated rings. The number of nitrogens with one attached hydrogen (secondary N) is 1. The molecule has 1 aliphatic carbocycles. The SMILES string of the molecule is N=C1C(c2ccc(-n3c4ccc(-c5ccc(-c6ccccc6)cc5)cc4c4cc(-c5ccc(-c6ccccc6)cc5)ccc43)cc2)=CC=C(N(c2ccc(-c3cc(-c4ccccc4)cc(-c4ccccc4)c3)cc2)c2ccc(-c3cc(-c4ccccc4)cc(-c4ccccc4)c3)cc2)/C1=N/S. The van der Waals surface area contributed by atoms with Crippen LogP contribution in [0.3, 0.4) is 0 Å². The zero-order chi connectivity index (χ0) is 67.6. The van der Waals surface area contributed by atoms with E-state index in [1.54, 1.807) is 0 Å². The summed E-state index contributed by atoms with van der Waals surface area (Å²) in [7, 11) is 0. The third-order valence-electron chi connectivity index (χ3n) is 19.6. The van der Waals surface area contributed by atoms with Crippen LogP contribution in [-0.2, 0) is 0 Å². The maximum Gasteiger partial charge on any atom is 0.121 e. The Morgan fingerprint density at radius 3 is 0.822 bits per heavy atom. The first kappa shape index (κ1) is 61.6. The topological polar surface area (TPSA) is 44.4 Å². The second kappa shape index (κ2) is 27.2. The number of thiol groups is 1. The summed E-state index contributed by atoms with van der Waals surface area (Å²) < 4.78 is 7.07. The Bertz CT molecular complexity index is 5380. The molecule has 1 aliphatic rings. The summed E-state index contributed by atoms with van der Waals surface area (Å²) in [5, 5.41) is 12.5. The van der Waals surface area contributed by atoms with Crippen LogP contribution in [0.1, 0.15) is 5.56 Å². The van der Waals surface area contributed by atoms with Crippen LogP contribution in [0.2, 0.25) is 0 Å². The van der Waals surface area contributed by atoms with Gasteiger partial charge in [0.2, 0.25) is 0 Å². The summed E-state index contributed by atoms with van der Waals surface area (Å²) in [6, 6.07) is 135. The molecule has 17 rings (SSSR count). The van der Waals surface area contributed by atoms with E-state index in [4.69, 9.17) is 17.2 Å². The third-order valence-corrected chi connectivity index (χ3v) is 19.8. The second-order valence-electron chi connectivity index (χ2n) is 25.7. The van der Waals surface area contributed by atoms with Gasteiger partial charge in [-0.2, -0.15) is 0 Å². The van der Waals surface area contributed by atoms with Crippen LogP contribution in [0, 0.1) is 5.41 Å². The highest BCUT2D eigenvalue weighted by Crippen LogP contribution is 2.43. The highest BCUT2D eigenvalue weighted by Gasteiger charge is 2.28. The van der Waals surface area contributed by atoms with Gasteiger partial charge in [0.1, 0.15) is 5.71 Å². The lowest BCUT2D eigenvalue weighted by Gasteiger charge is -2.31. The van der Waals surface area contributed by atoms with Gasteiger partial charge in [-0.05, 0) is 239 Å². The quantitative estimate of drug-likeness (QED) is 0.0780. The van der Waals surface area contributed by atoms with Crippen molar-refractivity contribution in [2.75, 3.05) is 4.90 Å². The van der Waals surface area contributed by atoms with E-state index >= 15 is 0 Å². The summed E-state index contributed by atoms with van der Waals surface area (Å²) in [6.45, 7) is 0. The van der Waals surface area contributed by atoms with Gasteiger partial charge in [-0.15, -0.1) is 0 Å². The van der Waals surface area contributed by atoms with Gasteiger partial charge in [-0.25, -0.2) is 4.40 Å². The molecular formula is C96H66N4S. The van der Waals surface area contributed by atoms with Gasteiger partial charge in [0, 0.05) is 33.4 Å². The third kappa shape index (κ3) is 12.3. The average Bonchev–Trinajstić information content (AvgIpc) is 0.878. The Labute approximate surface area is 594 Å². The van der Waals surface area contributed by atoms with E-state index < -0.39 is 0 Å². The van der Waals surface area contributed by atoms with Crippen LogP contribution in [-0.4, -0.2) is 16.0 Å². The molecule has 0 spiro atoms. The highest BCUT2D eigenvalue weighted by atomic mass is 32.1. The first-order chi connectivity index (χ1) is 49.9. The van der Waals surface area contributed by atoms with Gasteiger partial charge in [-0.3, -0.25) is 5.41 Å². The van der Waals surface area contributed by atoms with Crippen molar-refractivity contribution in [1.29, 1.82) is 5.41 Å².